The van der Waals surface area contributed by atoms with Crippen molar-refractivity contribution in [2.75, 3.05) is 6.54 Å². The Morgan fingerprint density at radius 3 is 2.35 bits per heavy atom. The van der Waals surface area contributed by atoms with Crippen molar-refractivity contribution in [2.45, 2.75) is 19.1 Å². The lowest BCUT2D eigenvalue weighted by molar-refractivity contribution is -0.140. The minimum absolute atomic E-state index is 0.0878. The van der Waals surface area contributed by atoms with Gasteiger partial charge in [-0.1, -0.05) is 48.5 Å². The Morgan fingerprint density at radius 2 is 1.73 bits per heavy atom. The molecule has 0 radical (unpaired) electrons. The quantitative estimate of drug-likeness (QED) is 0.502. The molecule has 1 aliphatic heterocycles. The van der Waals surface area contributed by atoms with Crippen molar-refractivity contribution in [1.82, 2.24) is 4.90 Å². The van der Waals surface area contributed by atoms with E-state index in [1.54, 1.807) is 36.4 Å². The molecule has 0 unspecified atom stereocenters. The molecule has 3 rings (SSSR count). The van der Waals surface area contributed by atoms with Crippen LogP contribution in [-0.4, -0.2) is 39.5 Å². The molecule has 6 heteroatoms. The number of rotatable bonds is 4. The Kier molecular flexibility index (Phi) is 4.86. The van der Waals surface area contributed by atoms with E-state index in [0.717, 1.165) is 4.90 Å². The first-order chi connectivity index (χ1) is 12.4. The van der Waals surface area contributed by atoms with E-state index in [4.69, 9.17) is 0 Å². The number of hydrogen-bond acceptors (Lipinski definition) is 4. The molecule has 2 aromatic rings. The molecule has 134 valence electrons. The minimum atomic E-state index is -1.11. The largest absolute Gasteiger partial charge is 0.507 e. The van der Waals surface area contributed by atoms with E-state index < -0.39 is 29.7 Å². The maximum atomic E-state index is 14.4. The van der Waals surface area contributed by atoms with Crippen LogP contribution in [0.3, 0.4) is 0 Å². The third kappa shape index (κ3) is 3.11. The summed E-state index contributed by atoms with van der Waals surface area (Å²) in [5.41, 5.74) is 0.251. The van der Waals surface area contributed by atoms with Crippen LogP contribution in [0.25, 0.3) is 5.76 Å². The summed E-state index contributed by atoms with van der Waals surface area (Å²) in [7, 11) is 0. The van der Waals surface area contributed by atoms with Crippen LogP contribution < -0.4 is 0 Å². The average Bonchev–Trinajstić information content (AvgIpc) is 2.87. The van der Waals surface area contributed by atoms with Gasteiger partial charge >= 0.3 is 0 Å². The van der Waals surface area contributed by atoms with Gasteiger partial charge in [-0.15, -0.1) is 0 Å². The van der Waals surface area contributed by atoms with Crippen LogP contribution in [0.15, 0.2) is 60.2 Å². The average molecular weight is 355 g/mol. The predicted molar refractivity (Wildman–Crippen MR) is 93.5 cm³/mol. The maximum absolute atomic E-state index is 14.4. The Labute approximate surface area is 150 Å². The predicted octanol–water partition coefficient (Wildman–Crippen LogP) is 2.63. The van der Waals surface area contributed by atoms with Gasteiger partial charge in [0, 0.05) is 17.7 Å². The lowest BCUT2D eigenvalue weighted by Crippen LogP contribution is -2.35. The highest BCUT2D eigenvalue weighted by molar-refractivity contribution is 6.46. The van der Waals surface area contributed by atoms with Crippen LogP contribution in [0.4, 0.5) is 4.39 Å². The highest BCUT2D eigenvalue weighted by atomic mass is 19.1. The molecule has 0 aliphatic carbocycles. The van der Waals surface area contributed by atoms with Gasteiger partial charge in [0.2, 0.25) is 0 Å². The molecule has 2 aromatic carbocycles. The fourth-order valence-electron chi connectivity index (χ4n) is 3.12. The molecule has 26 heavy (non-hydrogen) atoms. The monoisotopic (exact) mass is 355 g/mol. The number of carbonyl (C=O) groups is 2. The lowest BCUT2D eigenvalue weighted by atomic mass is 9.95. The van der Waals surface area contributed by atoms with Crippen molar-refractivity contribution >= 4 is 17.4 Å². The number of benzene rings is 2. The number of ketones is 1. The number of likely N-dealkylation sites (tertiary alicyclic amines) is 1. The number of Topliss-reactive ketones (excluding diaryl/α,β-unsaturated/α-hetero) is 1. The summed E-state index contributed by atoms with van der Waals surface area (Å²) < 4.78 is 14.4. The van der Waals surface area contributed by atoms with Crippen LogP contribution in [-0.2, 0) is 9.59 Å². The Bertz CT molecular complexity index is 876. The highest BCUT2D eigenvalue weighted by Crippen LogP contribution is 2.40. The Hall–Kier alpha value is -2.99. The minimum Gasteiger partial charge on any atom is -0.507 e. The number of nitrogens with zero attached hydrogens (tertiary/aromatic N) is 1. The lowest BCUT2D eigenvalue weighted by Gasteiger charge is -2.26. The first-order valence-corrected chi connectivity index (χ1v) is 8.18. The molecule has 1 saturated heterocycles. The van der Waals surface area contributed by atoms with Gasteiger partial charge in [0.1, 0.15) is 11.6 Å². The van der Waals surface area contributed by atoms with E-state index in [-0.39, 0.29) is 23.4 Å². The number of halogens is 1. The van der Waals surface area contributed by atoms with E-state index in [0.29, 0.717) is 5.56 Å². The van der Waals surface area contributed by atoms with E-state index in [1.165, 1.54) is 25.1 Å². The molecule has 2 N–H and O–H groups in total. The van der Waals surface area contributed by atoms with Gasteiger partial charge in [-0.05, 0) is 13.0 Å². The third-order valence-corrected chi connectivity index (χ3v) is 4.25. The summed E-state index contributed by atoms with van der Waals surface area (Å²) in [6, 6.07) is 13.0. The third-order valence-electron chi connectivity index (χ3n) is 4.25. The number of aliphatic hydroxyl groups excluding tert-OH is 2. The summed E-state index contributed by atoms with van der Waals surface area (Å²) in [4.78, 5) is 26.2. The summed E-state index contributed by atoms with van der Waals surface area (Å²) in [5.74, 6) is -2.75. The standard InChI is InChI=1S/C20H18FNO4/c1-12(23)11-22-17(14-9-5-6-10-15(14)21)16(19(25)20(22)26)18(24)13-7-3-2-4-8-13/h2-10,12,17,23-24H,11H2,1H3/t12-,17+/m0/s1. The molecule has 1 aliphatic rings. The van der Waals surface area contributed by atoms with Crippen LogP contribution in [0.5, 0.6) is 0 Å². The highest BCUT2D eigenvalue weighted by Gasteiger charge is 2.47. The smallest absolute Gasteiger partial charge is 0.295 e. The van der Waals surface area contributed by atoms with E-state index in [2.05, 4.69) is 0 Å². The van der Waals surface area contributed by atoms with Gasteiger partial charge in [-0.3, -0.25) is 9.59 Å². The molecular weight excluding hydrogens is 337 g/mol. The zero-order valence-electron chi connectivity index (χ0n) is 14.1. The number of hydrogen-bond donors (Lipinski definition) is 2. The molecule has 0 aromatic heterocycles. The SMILES string of the molecule is C[C@H](O)CN1C(=O)C(=O)C(=C(O)c2ccccc2)[C@H]1c1ccccc1F. The van der Waals surface area contributed by atoms with Crippen LogP contribution in [0, 0.1) is 5.82 Å². The summed E-state index contributed by atoms with van der Waals surface area (Å²) >= 11 is 0. The first-order valence-electron chi connectivity index (χ1n) is 8.18. The van der Waals surface area contributed by atoms with Gasteiger partial charge in [0.25, 0.3) is 11.7 Å². The second-order valence-electron chi connectivity index (χ2n) is 6.19. The molecule has 0 bridgehead atoms. The topological polar surface area (TPSA) is 77.8 Å². The van der Waals surface area contributed by atoms with E-state index in [1.807, 2.05) is 0 Å². The number of β-amino-alcohol motifs (C(OH)–C–C–N with tert-alkyl or cyclic N) is 1. The molecular formula is C20H18FNO4. The molecule has 5 nitrogen and oxygen atoms in total. The normalized spacial score (nSPS) is 20.4. The molecule has 1 heterocycles. The van der Waals surface area contributed by atoms with Gasteiger partial charge in [0.15, 0.2) is 0 Å². The van der Waals surface area contributed by atoms with Gasteiger partial charge < -0.3 is 15.1 Å². The van der Waals surface area contributed by atoms with Gasteiger partial charge in [0.05, 0.1) is 17.7 Å². The number of carbonyl (C=O) groups excluding carboxylic acids is 2. The Balaban J connectivity index is 2.22. The van der Waals surface area contributed by atoms with Crippen molar-refractivity contribution in [3.8, 4) is 0 Å². The van der Waals surface area contributed by atoms with E-state index in [9.17, 15) is 24.2 Å². The fourth-order valence-corrected chi connectivity index (χ4v) is 3.12. The zero-order chi connectivity index (χ0) is 18.8. The van der Waals surface area contributed by atoms with Gasteiger partial charge in [-0.2, -0.15) is 0 Å². The van der Waals surface area contributed by atoms with E-state index >= 15 is 0 Å². The number of aliphatic hydroxyl groups is 2. The molecule has 1 fully saturated rings. The first kappa shape index (κ1) is 17.8. The maximum Gasteiger partial charge on any atom is 0.295 e. The molecule has 2 atom stereocenters. The number of amides is 1. The fraction of sp³-hybridized carbons (Fsp3) is 0.200. The summed E-state index contributed by atoms with van der Waals surface area (Å²) in [6.45, 7) is 1.31. The zero-order valence-corrected chi connectivity index (χ0v) is 14.1. The van der Waals surface area contributed by atoms with Crippen molar-refractivity contribution in [2.24, 2.45) is 0 Å². The summed E-state index contributed by atoms with van der Waals surface area (Å²) in [5, 5.41) is 20.4. The molecule has 0 saturated carbocycles. The summed E-state index contributed by atoms with van der Waals surface area (Å²) in [6.07, 6.45) is -0.917. The second-order valence-corrected chi connectivity index (χ2v) is 6.19. The van der Waals surface area contributed by atoms with Crippen LogP contribution in [0.1, 0.15) is 24.1 Å². The van der Waals surface area contributed by atoms with Crippen molar-refractivity contribution in [1.29, 1.82) is 0 Å². The molecule has 0 spiro atoms. The van der Waals surface area contributed by atoms with Crippen LogP contribution >= 0.6 is 0 Å². The van der Waals surface area contributed by atoms with Crippen LogP contribution in [0.2, 0.25) is 0 Å². The van der Waals surface area contributed by atoms with Crippen molar-refractivity contribution in [3.05, 3.63) is 77.1 Å². The second kappa shape index (κ2) is 7.09. The van der Waals surface area contributed by atoms with Gasteiger partial charge in [-0.25, -0.2) is 4.39 Å². The Morgan fingerprint density at radius 1 is 1.12 bits per heavy atom. The molecule has 1 amide bonds. The van der Waals surface area contributed by atoms with Crippen molar-refractivity contribution in [3.63, 3.8) is 0 Å². The van der Waals surface area contributed by atoms with Crippen molar-refractivity contribution < 1.29 is 24.2 Å².